The highest BCUT2D eigenvalue weighted by Gasteiger charge is 2.24. The van der Waals surface area contributed by atoms with Crippen molar-refractivity contribution < 1.29 is 0 Å². The van der Waals surface area contributed by atoms with Crippen molar-refractivity contribution in [3.05, 3.63) is 66.4 Å². The van der Waals surface area contributed by atoms with E-state index in [1.165, 1.54) is 0 Å². The highest BCUT2D eigenvalue weighted by atomic mass is 32.1. The number of aromatic amines is 2. The predicted octanol–water partition coefficient (Wildman–Crippen LogP) is 4.44. The third-order valence-corrected chi connectivity index (χ3v) is 7.15. The van der Waals surface area contributed by atoms with Crippen LogP contribution in [0.25, 0.3) is 55.0 Å². The van der Waals surface area contributed by atoms with Crippen molar-refractivity contribution in [1.29, 1.82) is 0 Å². The molecule has 0 unspecified atom stereocenters. The van der Waals surface area contributed by atoms with Gasteiger partial charge in [-0.15, -0.1) is 11.3 Å². The zero-order valence-corrected chi connectivity index (χ0v) is 18.9. The molecule has 9 heteroatoms. The number of hydrogen-bond donors (Lipinski definition) is 3. The number of pyridine rings is 1. The van der Waals surface area contributed by atoms with E-state index in [0.29, 0.717) is 0 Å². The maximum Gasteiger partial charge on any atom is 0.147 e. The average molecular weight is 465 g/mol. The number of hydrogen-bond acceptors (Lipinski definition) is 7. The molecule has 6 aromatic rings. The van der Waals surface area contributed by atoms with Crippen LogP contribution in [0, 0.1) is 0 Å². The lowest BCUT2D eigenvalue weighted by Gasteiger charge is -2.37. The maximum atomic E-state index is 5.94. The fourth-order valence-corrected chi connectivity index (χ4v) is 5.25. The van der Waals surface area contributed by atoms with Gasteiger partial charge < -0.3 is 15.6 Å². The molecule has 7 rings (SSSR count). The molecule has 4 N–H and O–H groups in total. The van der Waals surface area contributed by atoms with Gasteiger partial charge in [0.2, 0.25) is 0 Å². The highest BCUT2D eigenvalue weighted by molar-refractivity contribution is 7.13. The Kier molecular flexibility index (Phi) is 4.26. The van der Waals surface area contributed by atoms with E-state index >= 15 is 0 Å². The van der Waals surface area contributed by atoms with Crippen LogP contribution in [-0.2, 0) is 0 Å². The predicted molar refractivity (Wildman–Crippen MR) is 136 cm³/mol. The molecule has 0 aliphatic carbocycles. The summed E-state index contributed by atoms with van der Waals surface area (Å²) in [4.78, 5) is 20.7. The Morgan fingerprint density at radius 3 is 2.76 bits per heavy atom. The van der Waals surface area contributed by atoms with Crippen LogP contribution >= 0.6 is 11.3 Å². The second-order valence-electron chi connectivity index (χ2n) is 8.54. The molecular formula is C25H20N8S. The first-order chi connectivity index (χ1) is 16.7. The number of nitrogens with one attached hydrogen (secondary N) is 2. The summed E-state index contributed by atoms with van der Waals surface area (Å²) in [5, 5.41) is 12.0. The van der Waals surface area contributed by atoms with Gasteiger partial charge in [-0.3, -0.25) is 15.1 Å². The lowest BCUT2D eigenvalue weighted by molar-refractivity contribution is 0.514. The van der Waals surface area contributed by atoms with Crippen LogP contribution in [0.2, 0.25) is 0 Å². The molecule has 6 heterocycles. The van der Waals surface area contributed by atoms with E-state index in [1.807, 2.05) is 30.5 Å². The summed E-state index contributed by atoms with van der Waals surface area (Å²) in [6.45, 7) is 1.62. The van der Waals surface area contributed by atoms with Gasteiger partial charge in [0.25, 0.3) is 0 Å². The second-order valence-corrected chi connectivity index (χ2v) is 9.49. The fraction of sp³-hybridized carbons (Fsp3) is 0.120. The van der Waals surface area contributed by atoms with Gasteiger partial charge in [-0.05, 0) is 35.7 Å². The van der Waals surface area contributed by atoms with E-state index < -0.39 is 0 Å². The molecule has 8 nitrogen and oxygen atoms in total. The average Bonchev–Trinajstić information content (AvgIpc) is 3.60. The quantitative estimate of drug-likeness (QED) is 0.356. The first-order valence-electron chi connectivity index (χ1n) is 11.1. The first kappa shape index (κ1) is 19.4. The Hall–Kier alpha value is -4.08. The van der Waals surface area contributed by atoms with Crippen LogP contribution in [0.4, 0.5) is 5.82 Å². The van der Waals surface area contributed by atoms with Crippen molar-refractivity contribution in [2.45, 2.75) is 6.04 Å². The van der Waals surface area contributed by atoms with Crippen LogP contribution in [0.15, 0.2) is 66.4 Å². The molecule has 0 atom stereocenters. The van der Waals surface area contributed by atoms with Gasteiger partial charge in [0, 0.05) is 47.2 Å². The molecule has 1 fully saturated rings. The van der Waals surface area contributed by atoms with Crippen molar-refractivity contribution in [2.75, 3.05) is 18.0 Å². The Labute approximate surface area is 198 Å². The van der Waals surface area contributed by atoms with Crippen molar-refractivity contribution in [2.24, 2.45) is 5.73 Å². The Morgan fingerprint density at radius 2 is 1.91 bits per heavy atom. The van der Waals surface area contributed by atoms with E-state index in [0.717, 1.165) is 73.9 Å². The summed E-state index contributed by atoms with van der Waals surface area (Å²) in [7, 11) is 0. The monoisotopic (exact) mass is 464 g/mol. The van der Waals surface area contributed by atoms with Gasteiger partial charge in [-0.25, -0.2) is 4.98 Å². The van der Waals surface area contributed by atoms with Gasteiger partial charge in [0.15, 0.2) is 0 Å². The number of aromatic nitrogens is 6. The molecule has 166 valence electrons. The van der Waals surface area contributed by atoms with Crippen molar-refractivity contribution in [3.8, 4) is 33.2 Å². The summed E-state index contributed by atoms with van der Waals surface area (Å²) in [6, 6.07) is 14.7. The van der Waals surface area contributed by atoms with E-state index in [-0.39, 0.29) is 6.04 Å². The second kappa shape index (κ2) is 7.47. The zero-order valence-electron chi connectivity index (χ0n) is 18.1. The van der Waals surface area contributed by atoms with Crippen molar-refractivity contribution in [1.82, 2.24) is 30.1 Å². The summed E-state index contributed by atoms with van der Waals surface area (Å²) in [5.41, 5.74) is 12.5. The summed E-state index contributed by atoms with van der Waals surface area (Å²) >= 11 is 1.69. The third kappa shape index (κ3) is 3.09. The number of nitrogens with zero attached hydrogens (tertiary/aromatic N) is 5. The summed E-state index contributed by atoms with van der Waals surface area (Å²) < 4.78 is 0. The van der Waals surface area contributed by atoms with Crippen molar-refractivity contribution >= 4 is 39.0 Å². The molecule has 1 aliphatic heterocycles. The number of nitrogens with two attached hydrogens (primary N) is 1. The minimum atomic E-state index is 0.210. The highest BCUT2D eigenvalue weighted by Crippen LogP contribution is 2.35. The lowest BCUT2D eigenvalue weighted by atomic mass is 10.1. The van der Waals surface area contributed by atoms with Gasteiger partial charge in [-0.1, -0.05) is 12.1 Å². The number of rotatable bonds is 4. The van der Waals surface area contributed by atoms with Crippen LogP contribution in [0.5, 0.6) is 0 Å². The smallest absolute Gasteiger partial charge is 0.147 e. The van der Waals surface area contributed by atoms with Crippen LogP contribution in [0.3, 0.4) is 0 Å². The van der Waals surface area contributed by atoms with Crippen molar-refractivity contribution in [3.63, 3.8) is 0 Å². The maximum absolute atomic E-state index is 5.94. The van der Waals surface area contributed by atoms with Gasteiger partial charge >= 0.3 is 0 Å². The van der Waals surface area contributed by atoms with Crippen LogP contribution < -0.4 is 10.6 Å². The number of anilines is 1. The first-order valence-corrected chi connectivity index (χ1v) is 11.9. The van der Waals surface area contributed by atoms with E-state index in [9.17, 15) is 0 Å². The molecule has 1 aliphatic rings. The summed E-state index contributed by atoms with van der Waals surface area (Å²) in [6.07, 6.45) is 5.43. The zero-order chi connectivity index (χ0) is 22.6. The van der Waals surface area contributed by atoms with Crippen LogP contribution in [-0.4, -0.2) is 49.3 Å². The molecule has 0 bridgehead atoms. The normalized spacial score (nSPS) is 14.2. The van der Waals surface area contributed by atoms with Gasteiger partial charge in [0.05, 0.1) is 39.9 Å². The van der Waals surface area contributed by atoms with Gasteiger partial charge in [-0.2, -0.15) is 5.10 Å². The van der Waals surface area contributed by atoms with E-state index in [2.05, 4.69) is 53.6 Å². The SMILES string of the molecule is NC1CN(c2cncc(-c3ccc4[nH]nc(-c5cc6c(-c7cccs7)nccc6[nH]5)c4c3)n2)C1. The Balaban J connectivity index is 1.31. The molecule has 0 saturated carbocycles. The molecule has 1 saturated heterocycles. The standard InChI is InChI=1S/C25H20N8S/c26-15-12-33(13-15)23-11-27-10-21(30-23)14-3-4-19-16(8-14)24(32-31-19)20-9-17-18(29-20)5-6-28-25(17)22-2-1-7-34-22/h1-11,15,29H,12-13,26H2,(H,31,32). The molecule has 1 aromatic carbocycles. The minimum absolute atomic E-state index is 0.210. The molecule has 34 heavy (non-hydrogen) atoms. The Bertz CT molecular complexity index is 1640. The van der Waals surface area contributed by atoms with E-state index in [4.69, 9.17) is 10.7 Å². The topological polar surface area (TPSA) is 112 Å². The number of H-pyrrole nitrogens is 2. The summed E-state index contributed by atoms with van der Waals surface area (Å²) in [5.74, 6) is 0.857. The molecule has 0 radical (unpaired) electrons. The fourth-order valence-electron chi connectivity index (χ4n) is 4.52. The van der Waals surface area contributed by atoms with E-state index in [1.54, 1.807) is 23.7 Å². The number of fused-ring (bicyclic) bond motifs is 2. The molecule has 0 spiro atoms. The third-order valence-electron chi connectivity index (χ3n) is 6.27. The lowest BCUT2D eigenvalue weighted by Crippen LogP contribution is -2.56. The minimum Gasteiger partial charge on any atom is -0.353 e. The largest absolute Gasteiger partial charge is 0.353 e. The Morgan fingerprint density at radius 1 is 1.00 bits per heavy atom. The molecule has 0 amide bonds. The number of thiophene rings is 1. The molecular weight excluding hydrogens is 444 g/mol. The molecule has 5 aromatic heterocycles. The number of benzene rings is 1. The van der Waals surface area contributed by atoms with Crippen LogP contribution in [0.1, 0.15) is 0 Å². The van der Waals surface area contributed by atoms with Gasteiger partial charge in [0.1, 0.15) is 11.5 Å².